The molecule has 1 aromatic carbocycles. The minimum atomic E-state index is -5.72. The molecule has 1 unspecified atom stereocenters. The van der Waals surface area contributed by atoms with Crippen molar-refractivity contribution in [2.24, 2.45) is 0 Å². The van der Waals surface area contributed by atoms with Gasteiger partial charge < -0.3 is 14.4 Å². The number of hydrogen-bond donors (Lipinski definition) is 1. The van der Waals surface area contributed by atoms with Crippen LogP contribution in [0, 0.1) is 10.1 Å². The SMILES string of the molecule is CSC(=C[N+](=O)[O-])NC1(C(Cc2ccc(OS(=O)(=O)C(F)(F)F)cc2)N(C)C)CC1. The standard InChI is InChI=1S/C17H22F3N3O5S2/c1-22(2)14(16(8-9-16)21-15(29-3)11-23(24)25)10-12-4-6-13(7-5-12)28-30(26,27)17(18,19)20/h4-7,11,14,21H,8-10H2,1-3H3. The minimum Gasteiger partial charge on any atom is -0.376 e. The topological polar surface area (TPSA) is 102 Å². The van der Waals surface area contributed by atoms with Crippen LogP contribution in [0.1, 0.15) is 18.4 Å². The molecule has 1 atom stereocenters. The molecule has 0 spiro atoms. The maximum absolute atomic E-state index is 12.4. The molecule has 0 bridgehead atoms. The molecule has 13 heteroatoms. The molecule has 1 N–H and O–H groups in total. The van der Waals surface area contributed by atoms with E-state index in [9.17, 15) is 31.7 Å². The van der Waals surface area contributed by atoms with Gasteiger partial charge in [0, 0.05) is 6.04 Å². The summed E-state index contributed by atoms with van der Waals surface area (Å²) in [5.74, 6) is -0.435. The van der Waals surface area contributed by atoms with Gasteiger partial charge in [-0.05, 0) is 57.3 Å². The fraction of sp³-hybridized carbons (Fsp3) is 0.529. The Labute approximate surface area is 176 Å². The predicted octanol–water partition coefficient (Wildman–Crippen LogP) is 2.95. The van der Waals surface area contributed by atoms with Crippen molar-refractivity contribution < 1.29 is 30.7 Å². The molecule has 168 valence electrons. The number of nitro groups is 1. The lowest BCUT2D eigenvalue weighted by Crippen LogP contribution is -2.50. The largest absolute Gasteiger partial charge is 0.534 e. The zero-order chi connectivity index (χ0) is 22.7. The van der Waals surface area contributed by atoms with Gasteiger partial charge in [0.05, 0.1) is 10.5 Å². The van der Waals surface area contributed by atoms with E-state index in [0.717, 1.165) is 36.7 Å². The molecule has 0 amide bonds. The number of hydrogen-bond acceptors (Lipinski definition) is 8. The highest BCUT2D eigenvalue weighted by atomic mass is 32.2. The monoisotopic (exact) mass is 469 g/mol. The Kier molecular flexibility index (Phi) is 7.30. The maximum Gasteiger partial charge on any atom is 0.534 e. The van der Waals surface area contributed by atoms with E-state index in [4.69, 9.17) is 0 Å². The van der Waals surface area contributed by atoms with Crippen LogP contribution in [-0.4, -0.2) is 55.7 Å². The number of nitrogens with zero attached hydrogens (tertiary/aromatic N) is 2. The van der Waals surface area contributed by atoms with E-state index < -0.39 is 26.3 Å². The minimum absolute atomic E-state index is 0.0644. The smallest absolute Gasteiger partial charge is 0.376 e. The van der Waals surface area contributed by atoms with E-state index in [-0.39, 0.29) is 11.6 Å². The molecule has 0 saturated heterocycles. The number of halogens is 3. The molecule has 0 radical (unpaired) electrons. The molecule has 1 fully saturated rings. The highest BCUT2D eigenvalue weighted by Crippen LogP contribution is 2.43. The molecular weight excluding hydrogens is 447 g/mol. The van der Waals surface area contributed by atoms with Gasteiger partial charge in [0.15, 0.2) is 0 Å². The van der Waals surface area contributed by atoms with Gasteiger partial charge >= 0.3 is 15.6 Å². The highest BCUT2D eigenvalue weighted by molar-refractivity contribution is 8.02. The maximum atomic E-state index is 12.4. The molecule has 8 nitrogen and oxygen atoms in total. The van der Waals surface area contributed by atoms with E-state index in [1.807, 2.05) is 19.0 Å². The fourth-order valence-electron chi connectivity index (χ4n) is 3.10. The van der Waals surface area contributed by atoms with Crippen LogP contribution in [0.4, 0.5) is 13.2 Å². The molecule has 1 aliphatic carbocycles. The second-order valence-corrected chi connectivity index (χ2v) is 9.46. The van der Waals surface area contributed by atoms with Crippen LogP contribution in [0.2, 0.25) is 0 Å². The first-order valence-electron chi connectivity index (χ1n) is 8.73. The van der Waals surface area contributed by atoms with Crippen LogP contribution < -0.4 is 9.50 Å². The van der Waals surface area contributed by atoms with E-state index >= 15 is 0 Å². The summed E-state index contributed by atoms with van der Waals surface area (Å²) in [5.41, 5.74) is -5.12. The average molecular weight is 470 g/mol. The summed E-state index contributed by atoms with van der Waals surface area (Å²) in [5, 5.41) is 14.5. The fourth-order valence-corrected chi connectivity index (χ4v) is 4.06. The molecule has 0 heterocycles. The van der Waals surface area contributed by atoms with Gasteiger partial charge in [-0.25, -0.2) is 0 Å². The van der Waals surface area contributed by atoms with Crippen LogP contribution in [-0.2, 0) is 16.5 Å². The van der Waals surface area contributed by atoms with Crippen molar-refractivity contribution in [1.29, 1.82) is 0 Å². The van der Waals surface area contributed by atoms with E-state index in [1.165, 1.54) is 23.9 Å². The van der Waals surface area contributed by atoms with Gasteiger partial charge in [-0.3, -0.25) is 10.1 Å². The molecule has 2 rings (SSSR count). The summed E-state index contributed by atoms with van der Waals surface area (Å²) in [6.45, 7) is 0. The molecule has 1 aromatic rings. The van der Waals surface area contributed by atoms with E-state index in [2.05, 4.69) is 9.50 Å². The third-order valence-electron chi connectivity index (χ3n) is 4.71. The van der Waals surface area contributed by atoms with Gasteiger partial charge in [-0.15, -0.1) is 11.8 Å². The van der Waals surface area contributed by atoms with Crippen LogP contribution in [0.3, 0.4) is 0 Å². The average Bonchev–Trinajstić information content (AvgIpc) is 3.38. The van der Waals surface area contributed by atoms with Crippen molar-refractivity contribution in [3.63, 3.8) is 0 Å². The molecular formula is C17H22F3N3O5S2. The Bertz CT molecular complexity index is 898. The molecule has 0 aliphatic heterocycles. The van der Waals surface area contributed by atoms with Crippen molar-refractivity contribution in [2.45, 2.75) is 36.4 Å². The second kappa shape index (κ2) is 9.02. The Hall–Kier alpha value is -1.99. The number of nitrogens with one attached hydrogen (secondary N) is 1. The zero-order valence-corrected chi connectivity index (χ0v) is 18.1. The number of rotatable bonds is 10. The summed E-state index contributed by atoms with van der Waals surface area (Å²) in [7, 11) is -1.98. The molecule has 1 aliphatic rings. The van der Waals surface area contributed by atoms with Crippen molar-refractivity contribution in [3.8, 4) is 5.75 Å². The quantitative estimate of drug-likeness (QED) is 0.242. The van der Waals surface area contributed by atoms with Crippen molar-refractivity contribution in [3.05, 3.63) is 51.2 Å². The third kappa shape index (κ3) is 6.01. The third-order valence-corrected chi connectivity index (χ3v) is 6.33. The first kappa shape index (κ1) is 24.3. The first-order chi connectivity index (χ1) is 13.8. The lowest BCUT2D eigenvalue weighted by Gasteiger charge is -2.34. The number of benzene rings is 1. The van der Waals surface area contributed by atoms with Crippen LogP contribution >= 0.6 is 11.8 Å². The zero-order valence-electron chi connectivity index (χ0n) is 16.5. The van der Waals surface area contributed by atoms with Gasteiger partial charge in [0.2, 0.25) is 0 Å². The van der Waals surface area contributed by atoms with Crippen LogP contribution in [0.25, 0.3) is 0 Å². The lowest BCUT2D eigenvalue weighted by atomic mass is 9.96. The van der Waals surface area contributed by atoms with Gasteiger partial charge in [0.25, 0.3) is 6.20 Å². The predicted molar refractivity (Wildman–Crippen MR) is 107 cm³/mol. The van der Waals surface area contributed by atoms with E-state index in [1.54, 1.807) is 6.26 Å². The van der Waals surface area contributed by atoms with Crippen molar-refractivity contribution in [1.82, 2.24) is 10.2 Å². The Morgan fingerprint density at radius 1 is 1.37 bits per heavy atom. The van der Waals surface area contributed by atoms with Crippen LogP contribution in [0.5, 0.6) is 5.75 Å². The van der Waals surface area contributed by atoms with Crippen LogP contribution in [0.15, 0.2) is 35.5 Å². The molecule has 30 heavy (non-hydrogen) atoms. The Morgan fingerprint density at radius 2 is 1.93 bits per heavy atom. The molecule has 0 aromatic heterocycles. The van der Waals surface area contributed by atoms with Crippen molar-refractivity contribution in [2.75, 3.05) is 20.4 Å². The number of thioether (sulfide) groups is 1. The summed E-state index contributed by atoms with van der Waals surface area (Å²) in [6.07, 6.45) is 4.75. The number of alkyl halides is 3. The summed E-state index contributed by atoms with van der Waals surface area (Å²) < 4.78 is 63.6. The Morgan fingerprint density at radius 3 is 2.33 bits per heavy atom. The second-order valence-electron chi connectivity index (χ2n) is 7.07. The Balaban J connectivity index is 2.15. The summed E-state index contributed by atoms with van der Waals surface area (Å²) in [6, 6.07) is 5.26. The highest BCUT2D eigenvalue weighted by Gasteiger charge is 2.51. The van der Waals surface area contributed by atoms with Gasteiger partial charge in [0.1, 0.15) is 10.8 Å². The first-order valence-corrected chi connectivity index (χ1v) is 11.4. The lowest BCUT2D eigenvalue weighted by molar-refractivity contribution is -0.403. The van der Waals surface area contributed by atoms with Gasteiger partial charge in [-0.2, -0.15) is 21.6 Å². The van der Waals surface area contributed by atoms with E-state index in [0.29, 0.717) is 11.4 Å². The van der Waals surface area contributed by atoms with Crippen molar-refractivity contribution >= 4 is 21.9 Å². The van der Waals surface area contributed by atoms with Gasteiger partial charge in [-0.1, -0.05) is 12.1 Å². The normalized spacial score (nSPS) is 17.5. The summed E-state index contributed by atoms with van der Waals surface area (Å²) in [4.78, 5) is 12.3. The summed E-state index contributed by atoms with van der Waals surface area (Å²) >= 11 is 1.23. The molecule has 1 saturated carbocycles. The number of likely N-dealkylation sites (N-methyl/N-ethyl adjacent to an activating group) is 1.